The Bertz CT molecular complexity index is 1050. The van der Waals surface area contributed by atoms with Crippen molar-refractivity contribution in [2.24, 2.45) is 0 Å². The highest BCUT2D eigenvalue weighted by Crippen LogP contribution is 2.24. The van der Waals surface area contributed by atoms with E-state index in [2.05, 4.69) is 39.9 Å². The number of hydrogen-bond acceptors (Lipinski definition) is 8. The second kappa shape index (κ2) is 6.60. The van der Waals surface area contributed by atoms with Crippen LogP contribution in [0, 0.1) is 0 Å². The molecule has 0 saturated carbocycles. The highest BCUT2D eigenvalue weighted by atomic mass is 15.3. The third-order valence-electron chi connectivity index (χ3n) is 4.71. The number of rotatable bonds is 3. The Balaban J connectivity index is 1.34. The van der Waals surface area contributed by atoms with Crippen molar-refractivity contribution in [1.29, 1.82) is 0 Å². The minimum absolute atomic E-state index is 0.750. The van der Waals surface area contributed by atoms with Gasteiger partial charge in [0.2, 0.25) is 5.95 Å². The normalized spacial score (nSPS) is 14.7. The van der Waals surface area contributed by atoms with Crippen molar-refractivity contribution in [1.82, 2.24) is 35.1 Å². The number of anilines is 2. The van der Waals surface area contributed by atoms with Crippen LogP contribution in [0.5, 0.6) is 0 Å². The molecule has 0 amide bonds. The topological polar surface area (TPSA) is 99.6 Å². The molecule has 1 N–H and O–H groups in total. The van der Waals surface area contributed by atoms with Gasteiger partial charge in [-0.1, -0.05) is 0 Å². The highest BCUT2D eigenvalue weighted by Gasteiger charge is 2.22. The lowest BCUT2D eigenvalue weighted by atomic mass is 10.2. The summed E-state index contributed by atoms with van der Waals surface area (Å²) in [6, 6.07) is 5.83. The van der Waals surface area contributed by atoms with Crippen LogP contribution in [0.2, 0.25) is 0 Å². The molecule has 0 aromatic carbocycles. The SMILES string of the molecule is c1cc(-c2ccnc(N3CCN(c4ncnc5[nH]ncc45)CC3)n2)ccn1. The molecule has 0 spiro atoms. The number of fused-ring (bicyclic) bond motifs is 1. The first kappa shape index (κ1) is 15.6. The van der Waals surface area contributed by atoms with Gasteiger partial charge in [-0.3, -0.25) is 10.1 Å². The van der Waals surface area contributed by atoms with Gasteiger partial charge in [-0.15, -0.1) is 0 Å². The molecule has 1 aliphatic heterocycles. The quantitative estimate of drug-likeness (QED) is 0.588. The number of pyridine rings is 1. The van der Waals surface area contributed by atoms with Crippen LogP contribution in [0.25, 0.3) is 22.3 Å². The maximum Gasteiger partial charge on any atom is 0.225 e. The number of nitrogens with zero attached hydrogens (tertiary/aromatic N) is 8. The second-order valence-electron chi connectivity index (χ2n) is 6.28. The van der Waals surface area contributed by atoms with Gasteiger partial charge in [-0.25, -0.2) is 19.9 Å². The van der Waals surface area contributed by atoms with Crippen molar-refractivity contribution in [2.75, 3.05) is 36.0 Å². The molecule has 9 nitrogen and oxygen atoms in total. The lowest BCUT2D eigenvalue weighted by Crippen LogP contribution is -2.47. The van der Waals surface area contributed by atoms with Gasteiger partial charge < -0.3 is 9.80 Å². The summed E-state index contributed by atoms with van der Waals surface area (Å²) in [5, 5.41) is 7.91. The minimum Gasteiger partial charge on any atom is -0.352 e. The van der Waals surface area contributed by atoms with Crippen LogP contribution < -0.4 is 9.80 Å². The lowest BCUT2D eigenvalue weighted by molar-refractivity contribution is 0.636. The van der Waals surface area contributed by atoms with E-state index in [0.717, 1.165) is 60.2 Å². The van der Waals surface area contributed by atoms with Crippen molar-refractivity contribution < 1.29 is 0 Å². The first-order valence-electron chi connectivity index (χ1n) is 8.76. The monoisotopic (exact) mass is 359 g/mol. The average Bonchev–Trinajstić information content (AvgIpc) is 3.24. The zero-order chi connectivity index (χ0) is 18.1. The molecule has 0 bridgehead atoms. The first-order chi connectivity index (χ1) is 13.4. The lowest BCUT2D eigenvalue weighted by Gasteiger charge is -2.35. The molecule has 0 unspecified atom stereocenters. The summed E-state index contributed by atoms with van der Waals surface area (Å²) in [6.07, 6.45) is 8.70. The number of piperazine rings is 1. The van der Waals surface area contributed by atoms with E-state index in [9.17, 15) is 0 Å². The molecule has 4 aromatic heterocycles. The fourth-order valence-electron chi connectivity index (χ4n) is 3.31. The Morgan fingerprint density at radius 2 is 1.67 bits per heavy atom. The fourth-order valence-corrected chi connectivity index (χ4v) is 3.31. The molecule has 1 fully saturated rings. The predicted molar refractivity (Wildman–Crippen MR) is 101 cm³/mol. The highest BCUT2D eigenvalue weighted by molar-refractivity contribution is 5.86. The van der Waals surface area contributed by atoms with E-state index in [-0.39, 0.29) is 0 Å². The van der Waals surface area contributed by atoms with Gasteiger partial charge in [0.1, 0.15) is 12.1 Å². The van der Waals surface area contributed by atoms with E-state index in [1.54, 1.807) is 24.9 Å². The Labute approximate surface area is 155 Å². The fraction of sp³-hybridized carbons (Fsp3) is 0.222. The van der Waals surface area contributed by atoms with E-state index in [4.69, 9.17) is 4.98 Å². The molecule has 27 heavy (non-hydrogen) atoms. The van der Waals surface area contributed by atoms with E-state index in [1.807, 2.05) is 24.4 Å². The van der Waals surface area contributed by atoms with Crippen LogP contribution in [0.1, 0.15) is 0 Å². The first-order valence-corrected chi connectivity index (χ1v) is 8.76. The molecule has 9 heteroatoms. The standard InChI is InChI=1S/C18H17N9/c1-4-19-5-2-13(1)15-3-6-20-18(24-15)27-9-7-26(8-10-27)17-14-11-23-25-16(14)21-12-22-17/h1-6,11-12H,7-10H2,(H,21,22,23,25). The van der Waals surface area contributed by atoms with E-state index in [1.165, 1.54) is 0 Å². The van der Waals surface area contributed by atoms with E-state index < -0.39 is 0 Å². The maximum atomic E-state index is 4.73. The molecule has 5 heterocycles. The van der Waals surface area contributed by atoms with Crippen molar-refractivity contribution in [3.05, 3.63) is 49.3 Å². The Hall–Kier alpha value is -3.62. The van der Waals surface area contributed by atoms with Crippen molar-refractivity contribution >= 4 is 22.8 Å². The van der Waals surface area contributed by atoms with Crippen LogP contribution in [0.3, 0.4) is 0 Å². The maximum absolute atomic E-state index is 4.73. The number of nitrogens with one attached hydrogen (secondary N) is 1. The van der Waals surface area contributed by atoms with Gasteiger partial charge in [-0.2, -0.15) is 5.10 Å². The zero-order valence-corrected chi connectivity index (χ0v) is 14.5. The molecule has 4 aromatic rings. The van der Waals surface area contributed by atoms with Gasteiger partial charge in [0.05, 0.1) is 17.3 Å². The summed E-state index contributed by atoms with van der Waals surface area (Å²) in [6.45, 7) is 3.31. The number of hydrogen-bond donors (Lipinski definition) is 1. The summed E-state index contributed by atoms with van der Waals surface area (Å²) in [4.78, 5) is 26.4. The summed E-state index contributed by atoms with van der Waals surface area (Å²) in [5.41, 5.74) is 2.70. The summed E-state index contributed by atoms with van der Waals surface area (Å²) in [7, 11) is 0. The number of aromatic amines is 1. The van der Waals surface area contributed by atoms with Crippen LogP contribution in [0.4, 0.5) is 11.8 Å². The van der Waals surface area contributed by atoms with E-state index >= 15 is 0 Å². The van der Waals surface area contributed by atoms with Gasteiger partial charge >= 0.3 is 0 Å². The summed E-state index contributed by atoms with van der Waals surface area (Å²) < 4.78 is 0. The minimum atomic E-state index is 0.750. The third kappa shape index (κ3) is 2.92. The zero-order valence-electron chi connectivity index (χ0n) is 14.5. The Kier molecular flexibility index (Phi) is 3.82. The van der Waals surface area contributed by atoms with Crippen LogP contribution in [-0.2, 0) is 0 Å². The van der Waals surface area contributed by atoms with Gasteiger partial charge in [0.25, 0.3) is 0 Å². The molecule has 0 atom stereocenters. The van der Waals surface area contributed by atoms with Crippen molar-refractivity contribution in [3.8, 4) is 11.3 Å². The molecule has 5 rings (SSSR count). The largest absolute Gasteiger partial charge is 0.352 e. The summed E-state index contributed by atoms with van der Waals surface area (Å²) in [5.74, 6) is 1.67. The molecule has 0 radical (unpaired) electrons. The molecular formula is C18H17N9. The third-order valence-corrected chi connectivity index (χ3v) is 4.71. The summed E-state index contributed by atoms with van der Waals surface area (Å²) >= 11 is 0. The predicted octanol–water partition coefficient (Wildman–Crippen LogP) is 1.53. The molecule has 1 aliphatic rings. The van der Waals surface area contributed by atoms with Crippen LogP contribution in [0.15, 0.2) is 49.3 Å². The molecule has 1 saturated heterocycles. The second-order valence-corrected chi connectivity index (χ2v) is 6.28. The smallest absolute Gasteiger partial charge is 0.225 e. The Morgan fingerprint density at radius 3 is 2.52 bits per heavy atom. The molecular weight excluding hydrogens is 342 g/mol. The number of H-pyrrole nitrogens is 1. The van der Waals surface area contributed by atoms with Gasteiger partial charge in [0.15, 0.2) is 5.65 Å². The average molecular weight is 359 g/mol. The van der Waals surface area contributed by atoms with Gasteiger partial charge in [-0.05, 0) is 18.2 Å². The number of aromatic nitrogens is 7. The van der Waals surface area contributed by atoms with E-state index in [0.29, 0.717) is 0 Å². The molecule has 0 aliphatic carbocycles. The van der Waals surface area contributed by atoms with Crippen LogP contribution in [-0.4, -0.2) is 61.3 Å². The van der Waals surface area contributed by atoms with Crippen molar-refractivity contribution in [3.63, 3.8) is 0 Å². The van der Waals surface area contributed by atoms with Crippen LogP contribution >= 0.6 is 0 Å². The van der Waals surface area contributed by atoms with Gasteiger partial charge in [0, 0.05) is 50.3 Å². The molecule has 134 valence electrons. The Morgan fingerprint density at radius 1 is 0.852 bits per heavy atom. The van der Waals surface area contributed by atoms with Crippen molar-refractivity contribution in [2.45, 2.75) is 0 Å².